The van der Waals surface area contributed by atoms with Crippen LogP contribution in [0.1, 0.15) is 0 Å². The largest absolute Gasteiger partial charge is 0.456 e. The predicted octanol–water partition coefficient (Wildman–Crippen LogP) is 12.8. The van der Waals surface area contributed by atoms with Crippen LogP contribution in [0.3, 0.4) is 0 Å². The summed E-state index contributed by atoms with van der Waals surface area (Å²) in [5, 5.41) is 4.13. The second-order valence-electron chi connectivity index (χ2n) is 12.4. The van der Waals surface area contributed by atoms with E-state index in [9.17, 15) is 0 Å². The van der Waals surface area contributed by atoms with Gasteiger partial charge in [-0.05, 0) is 70.8 Å². The minimum Gasteiger partial charge on any atom is -0.456 e. The van der Waals surface area contributed by atoms with Gasteiger partial charge in [-0.25, -0.2) is 4.98 Å². The van der Waals surface area contributed by atoms with Gasteiger partial charge in [-0.3, -0.25) is 0 Å². The molecule has 0 radical (unpaired) electrons. The van der Waals surface area contributed by atoms with Crippen molar-refractivity contribution in [3.05, 3.63) is 170 Å². The van der Waals surface area contributed by atoms with Crippen LogP contribution in [0.15, 0.2) is 179 Å². The second kappa shape index (κ2) is 11.0. The summed E-state index contributed by atoms with van der Waals surface area (Å²) in [5.41, 5.74) is 11.9. The Balaban J connectivity index is 1.20. The van der Waals surface area contributed by atoms with E-state index >= 15 is 0 Å². The van der Waals surface area contributed by atoms with Gasteiger partial charge < -0.3 is 13.7 Å². The van der Waals surface area contributed by atoms with Crippen molar-refractivity contribution < 1.29 is 8.83 Å². The van der Waals surface area contributed by atoms with Crippen molar-refractivity contribution >= 4 is 60.9 Å². The van der Waals surface area contributed by atoms with Crippen LogP contribution in [-0.4, -0.2) is 4.98 Å². The number of anilines is 3. The average Bonchev–Trinajstić information content (AvgIpc) is 3.80. The zero-order valence-electron chi connectivity index (χ0n) is 26.4. The van der Waals surface area contributed by atoms with Crippen LogP contribution in [-0.2, 0) is 0 Å². The Morgan fingerprint density at radius 2 is 0.918 bits per heavy atom. The molecule has 2 heterocycles. The number of oxazole rings is 1. The molecule has 0 amide bonds. The van der Waals surface area contributed by atoms with Crippen LogP contribution in [0.5, 0.6) is 0 Å². The lowest BCUT2D eigenvalue weighted by molar-refractivity contribution is 0.623. The fourth-order valence-corrected chi connectivity index (χ4v) is 7.14. The van der Waals surface area contributed by atoms with Gasteiger partial charge in [0, 0.05) is 44.5 Å². The molecule has 0 N–H and O–H groups in total. The Morgan fingerprint density at radius 1 is 0.388 bits per heavy atom. The lowest BCUT2D eigenvalue weighted by Crippen LogP contribution is -2.10. The number of fused-ring (bicyclic) bond motifs is 3. The molecule has 0 fully saturated rings. The Morgan fingerprint density at radius 3 is 1.51 bits per heavy atom. The number of rotatable bonds is 6. The van der Waals surface area contributed by atoms with Crippen molar-refractivity contribution in [1.29, 1.82) is 0 Å². The van der Waals surface area contributed by atoms with E-state index in [0.717, 1.165) is 66.4 Å². The highest BCUT2D eigenvalue weighted by Crippen LogP contribution is 2.47. The highest BCUT2D eigenvalue weighted by Gasteiger charge is 2.24. The third-order valence-corrected chi connectivity index (χ3v) is 9.45. The zero-order chi connectivity index (χ0) is 32.3. The Kier molecular flexibility index (Phi) is 6.15. The van der Waals surface area contributed by atoms with Crippen molar-refractivity contribution in [3.63, 3.8) is 0 Å². The summed E-state index contributed by atoms with van der Waals surface area (Å²) < 4.78 is 13.1. The number of benzene rings is 8. The molecule has 8 aromatic carbocycles. The molecule has 0 saturated heterocycles. The molecule has 0 aliphatic heterocycles. The number of furan rings is 1. The first kappa shape index (κ1) is 27.5. The molecule has 0 unspecified atom stereocenters. The van der Waals surface area contributed by atoms with Gasteiger partial charge in [0.2, 0.25) is 5.89 Å². The van der Waals surface area contributed by atoms with Crippen LogP contribution in [0.2, 0.25) is 0 Å². The summed E-state index contributed by atoms with van der Waals surface area (Å²) >= 11 is 0. The molecule has 2 aromatic heterocycles. The minimum absolute atomic E-state index is 0.605. The van der Waals surface area contributed by atoms with Gasteiger partial charge in [-0.15, -0.1) is 0 Å². The molecule has 10 aromatic rings. The maximum atomic E-state index is 6.59. The average molecular weight is 629 g/mol. The van der Waals surface area contributed by atoms with Gasteiger partial charge in [0.15, 0.2) is 5.58 Å². The fraction of sp³-hybridized carbons (Fsp3) is 0. The SMILES string of the molecule is c1ccc(-c2ccc(N(c3ccc(-c4ccccc4)cc3)c3cc4oc5cccc6c7oc(-c8ccccc8)nc7c(c3)c4c56)cc2)cc1. The van der Waals surface area contributed by atoms with E-state index in [1.54, 1.807) is 0 Å². The highest BCUT2D eigenvalue weighted by atomic mass is 16.3. The molecule has 0 aliphatic rings. The van der Waals surface area contributed by atoms with E-state index in [0.29, 0.717) is 5.89 Å². The van der Waals surface area contributed by atoms with Gasteiger partial charge in [0.1, 0.15) is 16.7 Å². The molecule has 49 heavy (non-hydrogen) atoms. The number of hydrogen-bond acceptors (Lipinski definition) is 4. The lowest BCUT2D eigenvalue weighted by Gasteiger charge is -2.26. The van der Waals surface area contributed by atoms with Gasteiger partial charge in [0.25, 0.3) is 0 Å². The van der Waals surface area contributed by atoms with E-state index in [4.69, 9.17) is 13.8 Å². The predicted molar refractivity (Wildman–Crippen MR) is 201 cm³/mol. The molecule has 10 rings (SSSR count). The lowest BCUT2D eigenvalue weighted by atomic mass is 9.99. The smallest absolute Gasteiger partial charge is 0.227 e. The van der Waals surface area contributed by atoms with Crippen LogP contribution in [0.4, 0.5) is 17.1 Å². The third kappa shape index (κ3) is 4.49. The summed E-state index contributed by atoms with van der Waals surface area (Å²) in [5.74, 6) is 0.605. The Hall–Kier alpha value is -6.65. The summed E-state index contributed by atoms with van der Waals surface area (Å²) in [6.45, 7) is 0. The van der Waals surface area contributed by atoms with Crippen LogP contribution < -0.4 is 4.90 Å². The molecular formula is C45H28N2O2. The van der Waals surface area contributed by atoms with Crippen molar-refractivity contribution in [2.45, 2.75) is 0 Å². The molecule has 4 nitrogen and oxygen atoms in total. The molecule has 0 bridgehead atoms. The zero-order valence-corrected chi connectivity index (χ0v) is 26.4. The van der Waals surface area contributed by atoms with E-state index in [1.165, 1.54) is 22.3 Å². The molecule has 0 spiro atoms. The second-order valence-corrected chi connectivity index (χ2v) is 12.4. The van der Waals surface area contributed by atoms with E-state index in [2.05, 4.69) is 120 Å². The van der Waals surface area contributed by atoms with Gasteiger partial charge in [-0.2, -0.15) is 0 Å². The van der Waals surface area contributed by atoms with Crippen molar-refractivity contribution in [2.24, 2.45) is 0 Å². The highest BCUT2D eigenvalue weighted by molar-refractivity contribution is 6.32. The van der Waals surface area contributed by atoms with E-state index in [1.807, 2.05) is 54.6 Å². The molecule has 0 aliphatic carbocycles. The number of aromatic nitrogens is 1. The van der Waals surface area contributed by atoms with Crippen LogP contribution in [0.25, 0.3) is 77.5 Å². The first-order chi connectivity index (χ1) is 24.3. The van der Waals surface area contributed by atoms with E-state index in [-0.39, 0.29) is 0 Å². The monoisotopic (exact) mass is 628 g/mol. The standard InChI is InChI=1S/C45H28N2O2/c1-4-11-29(12-5-1)31-19-23-34(24-20-31)47(35-25-21-32(22-26-35)30-13-6-2-7-14-30)36-27-38-42-40(28-36)48-39-18-10-17-37(41(39)42)44-43(38)46-45(49-44)33-15-8-3-9-16-33/h1-28H. The van der Waals surface area contributed by atoms with Gasteiger partial charge in [0.05, 0.1) is 5.69 Å². The summed E-state index contributed by atoms with van der Waals surface area (Å²) in [4.78, 5) is 7.41. The quantitative estimate of drug-likeness (QED) is 0.172. The topological polar surface area (TPSA) is 42.4 Å². The molecule has 0 saturated carbocycles. The minimum atomic E-state index is 0.605. The van der Waals surface area contributed by atoms with E-state index < -0.39 is 0 Å². The number of nitrogens with zero attached hydrogens (tertiary/aromatic N) is 2. The summed E-state index contributed by atoms with van der Waals surface area (Å²) in [7, 11) is 0. The Labute approximate surface area is 282 Å². The maximum absolute atomic E-state index is 6.59. The van der Waals surface area contributed by atoms with Gasteiger partial charge >= 0.3 is 0 Å². The molecule has 230 valence electrons. The first-order valence-corrected chi connectivity index (χ1v) is 16.5. The molecule has 4 heteroatoms. The molecular weight excluding hydrogens is 601 g/mol. The van der Waals surface area contributed by atoms with Gasteiger partial charge in [-0.1, -0.05) is 115 Å². The van der Waals surface area contributed by atoms with Crippen LogP contribution >= 0.6 is 0 Å². The molecule has 0 atom stereocenters. The summed E-state index contributed by atoms with van der Waals surface area (Å²) in [6, 6.07) is 59.1. The first-order valence-electron chi connectivity index (χ1n) is 16.5. The maximum Gasteiger partial charge on any atom is 0.227 e. The normalized spacial score (nSPS) is 11.7. The fourth-order valence-electron chi connectivity index (χ4n) is 7.14. The summed E-state index contributed by atoms with van der Waals surface area (Å²) in [6.07, 6.45) is 0. The van der Waals surface area contributed by atoms with Crippen LogP contribution in [0, 0.1) is 0 Å². The van der Waals surface area contributed by atoms with Crippen molar-refractivity contribution in [1.82, 2.24) is 4.98 Å². The van der Waals surface area contributed by atoms with Crippen molar-refractivity contribution in [3.8, 4) is 33.7 Å². The third-order valence-electron chi connectivity index (χ3n) is 9.45. The number of hydrogen-bond donors (Lipinski definition) is 0. The Bertz CT molecular complexity index is 2650. The van der Waals surface area contributed by atoms with Crippen molar-refractivity contribution in [2.75, 3.05) is 4.90 Å².